The van der Waals surface area contributed by atoms with Gasteiger partial charge in [0.25, 0.3) is 5.91 Å². The van der Waals surface area contributed by atoms with Crippen molar-refractivity contribution in [2.75, 3.05) is 19.7 Å². The van der Waals surface area contributed by atoms with Gasteiger partial charge in [-0.1, -0.05) is 27.2 Å². The molecule has 4 amide bonds. The molecule has 2 rings (SSSR count). The van der Waals surface area contributed by atoms with E-state index >= 15 is 0 Å². The first kappa shape index (κ1) is 22.7. The Hall–Kier alpha value is -1.63. The monoisotopic (exact) mass is 395 g/mol. The predicted octanol–water partition coefficient (Wildman–Crippen LogP) is 2.83. The maximum absolute atomic E-state index is 12.9. The van der Waals surface area contributed by atoms with Crippen LogP contribution in [0.15, 0.2) is 0 Å². The number of carbonyl (C=O) groups is 3. The minimum absolute atomic E-state index is 0.163. The fraction of sp³-hybridized carbons (Fsp3) is 0.857. The summed E-state index contributed by atoms with van der Waals surface area (Å²) >= 11 is 0. The smallest absolute Gasteiger partial charge is 0.325 e. The number of carbonyl (C=O) groups excluding carboxylic acids is 3. The Labute approximate surface area is 168 Å². The second-order valence-electron chi connectivity index (χ2n) is 9.14. The van der Waals surface area contributed by atoms with E-state index in [9.17, 15) is 14.4 Å². The quantitative estimate of drug-likeness (QED) is 0.464. The van der Waals surface area contributed by atoms with E-state index < -0.39 is 11.6 Å². The summed E-state index contributed by atoms with van der Waals surface area (Å²) in [7, 11) is 0. The number of rotatable bonds is 9. The van der Waals surface area contributed by atoms with Crippen LogP contribution in [0.25, 0.3) is 0 Å². The van der Waals surface area contributed by atoms with Gasteiger partial charge in [0, 0.05) is 13.2 Å². The lowest BCUT2D eigenvalue weighted by Gasteiger charge is -2.42. The molecule has 0 aromatic carbocycles. The summed E-state index contributed by atoms with van der Waals surface area (Å²) in [6.45, 7) is 11.5. The normalized spacial score (nSPS) is 25.5. The highest BCUT2D eigenvalue weighted by molar-refractivity contribution is 6.09. The molecular formula is C21H37N3O4. The minimum Gasteiger partial charge on any atom is -0.379 e. The summed E-state index contributed by atoms with van der Waals surface area (Å²) in [6.07, 6.45) is 5.09. The minimum atomic E-state index is -0.817. The van der Waals surface area contributed by atoms with Gasteiger partial charge in [-0.05, 0) is 57.3 Å². The number of nitrogens with zero attached hydrogens (tertiary/aromatic N) is 1. The van der Waals surface area contributed by atoms with E-state index in [0.717, 1.165) is 24.2 Å². The molecule has 7 nitrogen and oxygen atoms in total. The first-order valence-corrected chi connectivity index (χ1v) is 10.6. The average Bonchev–Trinajstić information content (AvgIpc) is 2.85. The Balaban J connectivity index is 1.84. The molecule has 7 heteroatoms. The van der Waals surface area contributed by atoms with Gasteiger partial charge in [-0.15, -0.1) is 0 Å². The van der Waals surface area contributed by atoms with Crippen LogP contribution in [0.5, 0.6) is 0 Å². The van der Waals surface area contributed by atoms with Crippen molar-refractivity contribution in [1.29, 1.82) is 0 Å². The highest BCUT2D eigenvalue weighted by atomic mass is 16.5. The third-order valence-electron chi connectivity index (χ3n) is 6.50. The van der Waals surface area contributed by atoms with E-state index in [4.69, 9.17) is 4.74 Å². The maximum atomic E-state index is 12.9. The van der Waals surface area contributed by atoms with Crippen LogP contribution in [0, 0.1) is 11.3 Å². The second-order valence-corrected chi connectivity index (χ2v) is 9.14. The molecule has 1 spiro atoms. The summed E-state index contributed by atoms with van der Waals surface area (Å²) < 4.78 is 5.43. The van der Waals surface area contributed by atoms with Crippen LogP contribution in [0.4, 0.5) is 4.79 Å². The van der Waals surface area contributed by atoms with Gasteiger partial charge < -0.3 is 15.4 Å². The topological polar surface area (TPSA) is 87.7 Å². The molecule has 1 heterocycles. The molecule has 160 valence electrons. The van der Waals surface area contributed by atoms with Gasteiger partial charge in [-0.2, -0.15) is 0 Å². The van der Waals surface area contributed by atoms with Crippen molar-refractivity contribution in [3.63, 3.8) is 0 Å². The van der Waals surface area contributed by atoms with Crippen molar-refractivity contribution >= 4 is 17.8 Å². The molecule has 0 aromatic heterocycles. The van der Waals surface area contributed by atoms with Gasteiger partial charge >= 0.3 is 6.03 Å². The molecule has 2 aliphatic rings. The van der Waals surface area contributed by atoms with Crippen LogP contribution in [-0.2, 0) is 14.3 Å². The lowest BCUT2D eigenvalue weighted by atomic mass is 9.65. The average molecular weight is 396 g/mol. The Morgan fingerprint density at radius 2 is 1.96 bits per heavy atom. The zero-order valence-corrected chi connectivity index (χ0v) is 18.1. The van der Waals surface area contributed by atoms with Gasteiger partial charge in [-0.25, -0.2) is 4.79 Å². The Morgan fingerprint density at radius 3 is 2.54 bits per heavy atom. The van der Waals surface area contributed by atoms with Gasteiger partial charge in [0.1, 0.15) is 12.1 Å². The van der Waals surface area contributed by atoms with E-state index in [1.54, 1.807) is 0 Å². The van der Waals surface area contributed by atoms with Crippen LogP contribution >= 0.6 is 0 Å². The molecule has 1 aliphatic heterocycles. The van der Waals surface area contributed by atoms with Crippen molar-refractivity contribution < 1.29 is 19.1 Å². The largest absolute Gasteiger partial charge is 0.379 e. The molecule has 2 N–H and O–H groups in total. The van der Waals surface area contributed by atoms with Gasteiger partial charge in [0.15, 0.2) is 0 Å². The lowest BCUT2D eigenvalue weighted by Crippen LogP contribution is -2.51. The highest BCUT2D eigenvalue weighted by Crippen LogP contribution is 2.45. The van der Waals surface area contributed by atoms with Gasteiger partial charge in [-0.3, -0.25) is 14.5 Å². The molecule has 0 radical (unpaired) electrons. The number of imide groups is 1. The third-order valence-corrected chi connectivity index (χ3v) is 6.50. The summed E-state index contributed by atoms with van der Waals surface area (Å²) in [5.74, 6) is -0.00678. The molecule has 2 fully saturated rings. The molecule has 0 bridgehead atoms. The second kappa shape index (κ2) is 9.25. The van der Waals surface area contributed by atoms with Crippen LogP contribution in [-0.4, -0.2) is 54.1 Å². The van der Waals surface area contributed by atoms with Crippen LogP contribution in [0.2, 0.25) is 0 Å². The van der Waals surface area contributed by atoms with E-state index in [2.05, 4.69) is 31.4 Å². The van der Waals surface area contributed by atoms with E-state index in [0.29, 0.717) is 38.3 Å². The lowest BCUT2D eigenvalue weighted by molar-refractivity contribution is -0.136. The molecule has 1 saturated heterocycles. The third kappa shape index (κ3) is 5.25. The highest BCUT2D eigenvalue weighted by Gasteiger charge is 2.53. The van der Waals surface area contributed by atoms with Crippen molar-refractivity contribution in [3.8, 4) is 0 Å². The van der Waals surface area contributed by atoms with E-state index in [1.165, 1.54) is 0 Å². The van der Waals surface area contributed by atoms with Crippen LogP contribution in [0.3, 0.4) is 0 Å². The zero-order valence-electron chi connectivity index (χ0n) is 18.1. The number of ether oxygens (including phenoxy) is 1. The number of nitrogens with one attached hydrogen (secondary N) is 2. The first-order chi connectivity index (χ1) is 13.1. The Kier molecular flexibility index (Phi) is 7.48. The fourth-order valence-corrected chi connectivity index (χ4v) is 4.16. The number of amides is 4. The summed E-state index contributed by atoms with van der Waals surface area (Å²) in [4.78, 5) is 38.6. The molecular weight excluding hydrogens is 358 g/mol. The SMILES string of the molecule is CCC(C)(C)C1CCC2(CC1)NC(=O)N(CC(=O)NCCCOC(C)C)C2=O. The zero-order chi connectivity index (χ0) is 20.9. The van der Waals surface area contributed by atoms with Crippen molar-refractivity contribution in [1.82, 2.24) is 15.5 Å². The standard InChI is InChI=1S/C21H37N3O4/c1-6-20(4,5)16-8-10-21(11-9-16)18(26)24(19(27)23-21)14-17(25)22-12-7-13-28-15(2)3/h15-16H,6-14H2,1-5H3,(H,22,25)(H,23,27). The Morgan fingerprint density at radius 1 is 1.32 bits per heavy atom. The maximum Gasteiger partial charge on any atom is 0.325 e. The van der Waals surface area contributed by atoms with Crippen molar-refractivity contribution in [3.05, 3.63) is 0 Å². The number of hydrogen-bond donors (Lipinski definition) is 2. The first-order valence-electron chi connectivity index (χ1n) is 10.6. The number of hydrogen-bond acceptors (Lipinski definition) is 4. The Bertz CT molecular complexity index is 580. The molecule has 0 aromatic rings. The van der Waals surface area contributed by atoms with E-state index in [1.807, 2.05) is 13.8 Å². The fourth-order valence-electron chi connectivity index (χ4n) is 4.16. The van der Waals surface area contributed by atoms with Gasteiger partial charge in [0.2, 0.25) is 5.91 Å². The summed E-state index contributed by atoms with van der Waals surface area (Å²) in [5.41, 5.74) is -0.574. The predicted molar refractivity (Wildman–Crippen MR) is 108 cm³/mol. The van der Waals surface area contributed by atoms with E-state index in [-0.39, 0.29) is 29.9 Å². The van der Waals surface area contributed by atoms with Crippen LogP contribution < -0.4 is 10.6 Å². The molecule has 1 saturated carbocycles. The molecule has 0 unspecified atom stereocenters. The summed E-state index contributed by atoms with van der Waals surface area (Å²) in [5, 5.41) is 5.65. The molecule has 0 atom stereocenters. The number of urea groups is 1. The molecule has 28 heavy (non-hydrogen) atoms. The van der Waals surface area contributed by atoms with Crippen molar-refractivity contribution in [2.24, 2.45) is 11.3 Å². The van der Waals surface area contributed by atoms with Crippen LogP contribution in [0.1, 0.15) is 73.1 Å². The summed E-state index contributed by atoms with van der Waals surface area (Å²) in [6, 6.07) is -0.448. The molecule has 1 aliphatic carbocycles. The van der Waals surface area contributed by atoms with Gasteiger partial charge in [0.05, 0.1) is 6.10 Å². The van der Waals surface area contributed by atoms with Crippen molar-refractivity contribution in [2.45, 2.75) is 84.8 Å².